The van der Waals surface area contributed by atoms with Crippen molar-refractivity contribution in [1.82, 2.24) is 10.3 Å². The van der Waals surface area contributed by atoms with Crippen LogP contribution in [0, 0.1) is 17.3 Å². The minimum absolute atomic E-state index is 0.161. The van der Waals surface area contributed by atoms with Crippen molar-refractivity contribution in [2.24, 2.45) is 17.3 Å². The van der Waals surface area contributed by atoms with Crippen LogP contribution in [0.15, 0.2) is 18.3 Å². The summed E-state index contributed by atoms with van der Waals surface area (Å²) in [7, 11) is 1.27. The number of esters is 1. The van der Waals surface area contributed by atoms with E-state index in [4.69, 9.17) is 0 Å². The predicted molar refractivity (Wildman–Crippen MR) is 78.9 cm³/mol. The lowest BCUT2D eigenvalue weighted by Crippen LogP contribution is -2.17. The van der Waals surface area contributed by atoms with Crippen LogP contribution in [-0.2, 0) is 9.53 Å². The average Bonchev–Trinajstić information content (AvgIpc) is 2.88. The molecule has 2 heterocycles. The van der Waals surface area contributed by atoms with Gasteiger partial charge in [-0.1, -0.05) is 13.8 Å². The van der Waals surface area contributed by atoms with Crippen molar-refractivity contribution in [2.75, 3.05) is 25.5 Å². The normalized spacial score (nSPS) is 24.1. The molecule has 1 amide bonds. The van der Waals surface area contributed by atoms with E-state index in [0.29, 0.717) is 17.5 Å². The molecule has 1 aromatic rings. The molecule has 2 unspecified atom stereocenters. The first-order valence-electron chi connectivity index (χ1n) is 6.96. The van der Waals surface area contributed by atoms with E-state index in [2.05, 4.69) is 34.2 Å². The highest BCUT2D eigenvalue weighted by molar-refractivity contribution is 5.88. The van der Waals surface area contributed by atoms with E-state index in [1.54, 1.807) is 6.07 Å². The Kier molecular flexibility index (Phi) is 4.57. The molecule has 2 aliphatic rings. The summed E-state index contributed by atoms with van der Waals surface area (Å²) in [6, 6.07) is 3.00. The standard InChI is InChI=1S/C8H8N2O3.C7H13N/c1-13-8(12)7-4-6(10-5-11)2-3-9-7;1-7(2)5-3-8-4-6(5)7/h2-5H,1H3,(H,9,10,11);5-6,8H,3-4H2,1-2H3. The predicted octanol–water partition coefficient (Wildman–Crippen LogP) is 1.30. The van der Waals surface area contributed by atoms with Gasteiger partial charge in [0.15, 0.2) is 0 Å². The number of hydrogen-bond acceptors (Lipinski definition) is 5. The molecule has 0 spiro atoms. The zero-order chi connectivity index (χ0) is 15.5. The van der Waals surface area contributed by atoms with Crippen molar-refractivity contribution in [2.45, 2.75) is 13.8 Å². The molecule has 1 saturated carbocycles. The number of anilines is 1. The fourth-order valence-electron chi connectivity index (χ4n) is 2.87. The number of ether oxygens (including phenoxy) is 1. The topological polar surface area (TPSA) is 80.3 Å². The van der Waals surface area contributed by atoms with Crippen molar-refractivity contribution in [1.29, 1.82) is 0 Å². The minimum Gasteiger partial charge on any atom is -0.464 e. The molecule has 1 aliphatic heterocycles. The van der Waals surface area contributed by atoms with Crippen molar-refractivity contribution < 1.29 is 14.3 Å². The lowest BCUT2D eigenvalue weighted by molar-refractivity contribution is -0.105. The van der Waals surface area contributed by atoms with E-state index >= 15 is 0 Å². The lowest BCUT2D eigenvalue weighted by atomic mass is 10.1. The Labute approximate surface area is 124 Å². The van der Waals surface area contributed by atoms with E-state index in [-0.39, 0.29) is 5.69 Å². The maximum Gasteiger partial charge on any atom is 0.356 e. The molecule has 2 atom stereocenters. The van der Waals surface area contributed by atoms with Gasteiger partial charge in [0.25, 0.3) is 0 Å². The van der Waals surface area contributed by atoms with Crippen LogP contribution in [0.4, 0.5) is 5.69 Å². The van der Waals surface area contributed by atoms with E-state index in [9.17, 15) is 9.59 Å². The first-order chi connectivity index (χ1) is 10.0. The molecule has 21 heavy (non-hydrogen) atoms. The van der Waals surface area contributed by atoms with E-state index in [1.165, 1.54) is 32.5 Å². The van der Waals surface area contributed by atoms with E-state index in [1.807, 2.05) is 0 Å². The zero-order valence-electron chi connectivity index (χ0n) is 12.6. The van der Waals surface area contributed by atoms with Crippen molar-refractivity contribution in [3.8, 4) is 0 Å². The Balaban J connectivity index is 0.000000170. The maximum atomic E-state index is 11.0. The van der Waals surface area contributed by atoms with Crippen LogP contribution < -0.4 is 10.6 Å². The quantitative estimate of drug-likeness (QED) is 0.648. The summed E-state index contributed by atoms with van der Waals surface area (Å²) in [5.74, 6) is 1.50. The first-order valence-corrected chi connectivity index (χ1v) is 6.96. The number of piperidine rings is 1. The van der Waals surface area contributed by atoms with Crippen LogP contribution in [0.25, 0.3) is 0 Å². The number of hydrogen-bond donors (Lipinski definition) is 2. The molecular weight excluding hydrogens is 270 g/mol. The molecule has 2 N–H and O–H groups in total. The number of amides is 1. The highest BCUT2D eigenvalue weighted by Gasteiger charge is 2.59. The third-order valence-corrected chi connectivity index (χ3v) is 4.40. The number of pyridine rings is 1. The lowest BCUT2D eigenvalue weighted by Gasteiger charge is -2.06. The van der Waals surface area contributed by atoms with Crippen molar-refractivity contribution in [3.05, 3.63) is 24.0 Å². The fourth-order valence-corrected chi connectivity index (χ4v) is 2.87. The third-order valence-electron chi connectivity index (χ3n) is 4.40. The van der Waals surface area contributed by atoms with Crippen molar-refractivity contribution >= 4 is 18.1 Å². The van der Waals surface area contributed by atoms with Crippen LogP contribution in [0.3, 0.4) is 0 Å². The molecule has 0 aromatic carbocycles. The fraction of sp³-hybridized carbons (Fsp3) is 0.533. The van der Waals surface area contributed by atoms with E-state index < -0.39 is 5.97 Å². The SMILES string of the molecule is CC1(C)C2CNCC21.COC(=O)c1cc(NC=O)ccn1. The molecule has 114 valence electrons. The summed E-state index contributed by atoms with van der Waals surface area (Å²) in [4.78, 5) is 24.8. The van der Waals surface area contributed by atoms with Gasteiger partial charge in [0.05, 0.1) is 7.11 Å². The van der Waals surface area contributed by atoms with Gasteiger partial charge in [-0.3, -0.25) is 4.79 Å². The average molecular weight is 291 g/mol. The number of fused-ring (bicyclic) bond motifs is 1. The first kappa shape index (κ1) is 15.4. The molecule has 0 bridgehead atoms. The molecular formula is C15H21N3O3. The summed E-state index contributed by atoms with van der Waals surface area (Å²) in [6.45, 7) is 7.31. The second kappa shape index (κ2) is 6.22. The number of nitrogens with zero attached hydrogens (tertiary/aromatic N) is 1. The number of carbonyl (C=O) groups is 2. The van der Waals surface area contributed by atoms with Crippen molar-refractivity contribution in [3.63, 3.8) is 0 Å². The number of carbonyl (C=O) groups excluding carboxylic acids is 2. The molecule has 0 radical (unpaired) electrons. The molecule has 1 aliphatic carbocycles. The van der Waals surface area contributed by atoms with Crippen LogP contribution in [-0.4, -0.2) is 37.6 Å². The summed E-state index contributed by atoms with van der Waals surface area (Å²) in [6.07, 6.45) is 1.94. The molecule has 6 heteroatoms. The number of rotatable bonds is 3. The highest BCUT2D eigenvalue weighted by atomic mass is 16.5. The van der Waals surface area contributed by atoms with Gasteiger partial charge >= 0.3 is 5.97 Å². The van der Waals surface area contributed by atoms with Gasteiger partial charge in [-0.2, -0.15) is 0 Å². The Bertz CT molecular complexity index is 519. The summed E-state index contributed by atoms with van der Waals surface area (Å²) >= 11 is 0. The zero-order valence-corrected chi connectivity index (χ0v) is 12.6. The Hall–Kier alpha value is -1.95. The van der Waals surface area contributed by atoms with Crippen LogP contribution in [0.5, 0.6) is 0 Å². The molecule has 3 rings (SSSR count). The van der Waals surface area contributed by atoms with Crippen LogP contribution in [0.1, 0.15) is 24.3 Å². The second-order valence-electron chi connectivity index (χ2n) is 5.88. The van der Waals surface area contributed by atoms with E-state index in [0.717, 1.165) is 11.8 Å². The largest absolute Gasteiger partial charge is 0.464 e. The number of nitrogens with one attached hydrogen (secondary N) is 2. The summed E-state index contributed by atoms with van der Waals surface area (Å²) in [5, 5.41) is 5.78. The highest BCUT2D eigenvalue weighted by Crippen LogP contribution is 2.59. The monoisotopic (exact) mass is 291 g/mol. The molecule has 1 aromatic heterocycles. The van der Waals surface area contributed by atoms with Gasteiger partial charge in [-0.25, -0.2) is 9.78 Å². The molecule has 1 saturated heterocycles. The van der Waals surface area contributed by atoms with Gasteiger partial charge in [-0.15, -0.1) is 0 Å². The molecule has 6 nitrogen and oxygen atoms in total. The van der Waals surface area contributed by atoms with Crippen LogP contribution in [0.2, 0.25) is 0 Å². The minimum atomic E-state index is -0.533. The van der Waals surface area contributed by atoms with Gasteiger partial charge in [0.2, 0.25) is 6.41 Å². The van der Waals surface area contributed by atoms with Crippen LogP contribution >= 0.6 is 0 Å². The second-order valence-corrected chi connectivity index (χ2v) is 5.88. The van der Waals surface area contributed by atoms with Gasteiger partial charge in [0, 0.05) is 11.9 Å². The Morgan fingerprint density at radius 3 is 2.62 bits per heavy atom. The third kappa shape index (κ3) is 3.39. The summed E-state index contributed by atoms with van der Waals surface area (Å²) < 4.78 is 4.45. The summed E-state index contributed by atoms with van der Waals surface area (Å²) in [5.41, 5.74) is 1.37. The Morgan fingerprint density at radius 1 is 1.48 bits per heavy atom. The number of aromatic nitrogens is 1. The van der Waals surface area contributed by atoms with Gasteiger partial charge in [0.1, 0.15) is 5.69 Å². The smallest absolute Gasteiger partial charge is 0.356 e. The van der Waals surface area contributed by atoms with Gasteiger partial charge in [-0.05, 0) is 42.5 Å². The maximum absolute atomic E-state index is 11.0. The molecule has 2 fully saturated rings. The Morgan fingerprint density at radius 2 is 2.14 bits per heavy atom. The number of methoxy groups -OCH3 is 1. The van der Waals surface area contributed by atoms with Gasteiger partial charge < -0.3 is 15.4 Å².